The number of thiophene rings is 1. The van der Waals surface area contributed by atoms with Crippen molar-refractivity contribution in [3.63, 3.8) is 0 Å². The van der Waals surface area contributed by atoms with Gasteiger partial charge in [-0.3, -0.25) is 4.57 Å². The van der Waals surface area contributed by atoms with Gasteiger partial charge in [0, 0.05) is 22.7 Å². The molecule has 5 rings (SSSR count). The molecule has 0 saturated carbocycles. The minimum Gasteiger partial charge on any atom is -0.497 e. The number of hydrogen-bond acceptors (Lipinski definition) is 7. The first-order valence-electron chi connectivity index (χ1n) is 11.9. The van der Waals surface area contributed by atoms with Crippen LogP contribution in [0.25, 0.3) is 16.0 Å². The molecule has 3 aromatic carbocycles. The van der Waals surface area contributed by atoms with Crippen LogP contribution in [0.5, 0.6) is 17.2 Å². The first kappa shape index (κ1) is 27.1. The van der Waals surface area contributed by atoms with Crippen molar-refractivity contribution in [3.05, 3.63) is 98.6 Å². The van der Waals surface area contributed by atoms with Crippen LogP contribution in [-0.4, -0.2) is 29.7 Å². The molecule has 7 nitrogen and oxygen atoms in total. The van der Waals surface area contributed by atoms with Crippen molar-refractivity contribution in [2.45, 2.75) is 19.6 Å². The Kier molecular flexibility index (Phi) is 8.11. The Hall–Kier alpha value is -3.53. The van der Waals surface area contributed by atoms with Gasteiger partial charge < -0.3 is 18.9 Å². The van der Waals surface area contributed by atoms with Gasteiger partial charge in [-0.1, -0.05) is 41.9 Å². The first-order valence-corrected chi connectivity index (χ1v) is 13.9. The van der Waals surface area contributed by atoms with E-state index in [2.05, 4.69) is 20.9 Å². The Balaban J connectivity index is 1.46. The molecule has 0 aliphatic heterocycles. The fourth-order valence-corrected chi connectivity index (χ4v) is 5.77. The molecule has 1 atom stereocenters. The van der Waals surface area contributed by atoms with Crippen molar-refractivity contribution in [2.75, 3.05) is 14.2 Å². The summed E-state index contributed by atoms with van der Waals surface area (Å²) in [6, 6.07) is 20.8. The van der Waals surface area contributed by atoms with Crippen molar-refractivity contribution in [1.82, 2.24) is 9.55 Å². The predicted octanol–water partition coefficient (Wildman–Crippen LogP) is 8.02. The molecule has 2 aromatic heterocycles. The molecule has 0 unspecified atom stereocenters. The molecule has 0 N–H and O–H groups in total. The summed E-state index contributed by atoms with van der Waals surface area (Å²) in [6.07, 6.45) is 1.32. The minimum absolute atomic E-state index is 0.348. The normalized spacial score (nSPS) is 11.8. The molecule has 0 amide bonds. The molecule has 10 heteroatoms. The van der Waals surface area contributed by atoms with Crippen LogP contribution in [0.15, 0.2) is 77.5 Å². The molecule has 0 bridgehead atoms. The number of hydrogen-bond donors (Lipinski definition) is 0. The van der Waals surface area contributed by atoms with Gasteiger partial charge >= 0.3 is 5.97 Å². The summed E-state index contributed by atoms with van der Waals surface area (Å²) in [5.74, 6) is 1.37. The lowest BCUT2D eigenvalue weighted by Gasteiger charge is -2.16. The van der Waals surface area contributed by atoms with Crippen LogP contribution in [0.1, 0.15) is 33.8 Å². The zero-order chi connectivity index (χ0) is 27.5. The highest BCUT2D eigenvalue weighted by molar-refractivity contribution is 9.10. The third kappa shape index (κ3) is 5.75. The number of esters is 1. The summed E-state index contributed by atoms with van der Waals surface area (Å²) in [4.78, 5) is 17.6. The third-order valence-corrected chi connectivity index (χ3v) is 8.15. The maximum absolute atomic E-state index is 12.6. The highest BCUT2D eigenvalue weighted by atomic mass is 79.9. The van der Waals surface area contributed by atoms with Gasteiger partial charge in [-0.25, -0.2) is 9.78 Å². The number of fused-ring (bicyclic) bond motifs is 1. The highest BCUT2D eigenvalue weighted by Gasteiger charge is 2.23. The molecule has 2 heterocycles. The van der Waals surface area contributed by atoms with Crippen LogP contribution in [0, 0.1) is 0 Å². The van der Waals surface area contributed by atoms with Crippen molar-refractivity contribution in [3.8, 4) is 22.2 Å². The molecular weight excluding hydrogens is 604 g/mol. The third-order valence-electron chi connectivity index (χ3n) is 6.09. The van der Waals surface area contributed by atoms with Gasteiger partial charge in [0.1, 0.15) is 41.3 Å². The van der Waals surface area contributed by atoms with Crippen molar-refractivity contribution >= 4 is 55.9 Å². The van der Waals surface area contributed by atoms with E-state index >= 15 is 0 Å². The topological polar surface area (TPSA) is 71.8 Å². The average molecular weight is 628 g/mol. The summed E-state index contributed by atoms with van der Waals surface area (Å²) in [5, 5.41) is 1.33. The van der Waals surface area contributed by atoms with Gasteiger partial charge in [0.2, 0.25) is 0 Å². The van der Waals surface area contributed by atoms with Crippen molar-refractivity contribution in [2.24, 2.45) is 0 Å². The van der Waals surface area contributed by atoms with Crippen LogP contribution in [0.3, 0.4) is 0 Å². The molecule has 0 spiro atoms. The van der Waals surface area contributed by atoms with Crippen LogP contribution in [0.2, 0.25) is 5.02 Å². The number of rotatable bonds is 9. The van der Waals surface area contributed by atoms with E-state index < -0.39 is 12.1 Å². The standard InChI is InChI=1S/C29H24BrClN2O5S/c1-17(20-6-4-5-7-22(20)31)38-26-14-27(39-28(26)29(34)36-3)33-16-32-23-12-21(30)25(13-24(23)33)37-15-18-8-10-19(35-2)11-9-18/h4-14,16-17H,15H2,1-3H3/t17-/m1/s1. The lowest BCUT2D eigenvalue weighted by atomic mass is 10.1. The Bertz CT molecular complexity index is 1630. The van der Waals surface area contributed by atoms with E-state index in [4.69, 9.17) is 30.5 Å². The van der Waals surface area contributed by atoms with Gasteiger partial charge in [0.05, 0.1) is 29.7 Å². The number of benzene rings is 3. The summed E-state index contributed by atoms with van der Waals surface area (Å²) >= 11 is 11.2. The number of ether oxygens (including phenoxy) is 4. The van der Waals surface area contributed by atoms with E-state index in [-0.39, 0.29) is 0 Å². The van der Waals surface area contributed by atoms with E-state index in [1.54, 1.807) is 19.5 Å². The van der Waals surface area contributed by atoms with E-state index in [1.807, 2.05) is 72.2 Å². The summed E-state index contributed by atoms with van der Waals surface area (Å²) in [6.45, 7) is 2.27. The lowest BCUT2D eigenvalue weighted by molar-refractivity contribution is 0.0600. The van der Waals surface area contributed by atoms with Crippen LogP contribution in [-0.2, 0) is 11.3 Å². The number of carbonyl (C=O) groups is 1. The molecule has 0 radical (unpaired) electrons. The highest BCUT2D eigenvalue weighted by Crippen LogP contribution is 2.39. The molecule has 0 fully saturated rings. The Morgan fingerprint density at radius 2 is 1.85 bits per heavy atom. The first-order chi connectivity index (χ1) is 18.9. The monoisotopic (exact) mass is 626 g/mol. The number of halogens is 2. The molecule has 0 aliphatic rings. The van der Waals surface area contributed by atoms with Crippen molar-refractivity contribution < 1.29 is 23.7 Å². The van der Waals surface area contributed by atoms with Gasteiger partial charge in [0.15, 0.2) is 4.88 Å². The molecule has 39 heavy (non-hydrogen) atoms. The number of imidazole rings is 1. The zero-order valence-electron chi connectivity index (χ0n) is 21.3. The Morgan fingerprint density at radius 1 is 1.08 bits per heavy atom. The molecule has 0 saturated heterocycles. The SMILES string of the molecule is COC(=O)c1sc(-n2cnc3cc(Br)c(OCc4ccc(OC)cc4)cc32)cc1O[C@H](C)c1ccccc1Cl. The van der Waals surface area contributed by atoms with Crippen LogP contribution >= 0.6 is 38.9 Å². The summed E-state index contributed by atoms with van der Waals surface area (Å²) < 4.78 is 25.3. The van der Waals surface area contributed by atoms with Gasteiger partial charge in [-0.15, -0.1) is 11.3 Å². The van der Waals surface area contributed by atoms with Crippen LogP contribution < -0.4 is 14.2 Å². The fraction of sp³-hybridized carbons (Fsp3) is 0.172. The zero-order valence-corrected chi connectivity index (χ0v) is 24.5. The fourth-order valence-electron chi connectivity index (χ4n) is 4.04. The molecule has 0 aliphatic carbocycles. The van der Waals surface area contributed by atoms with E-state index in [0.29, 0.717) is 28.0 Å². The largest absolute Gasteiger partial charge is 0.497 e. The number of carbonyl (C=O) groups excluding carboxylic acids is 1. The molecule has 200 valence electrons. The summed E-state index contributed by atoms with van der Waals surface area (Å²) in [5.41, 5.74) is 3.40. The quantitative estimate of drug-likeness (QED) is 0.154. The van der Waals surface area contributed by atoms with Crippen LogP contribution in [0.4, 0.5) is 0 Å². The Labute approximate surface area is 243 Å². The molecular formula is C29H24BrClN2O5S. The van der Waals surface area contributed by atoms with E-state index in [1.165, 1.54) is 18.4 Å². The Morgan fingerprint density at radius 3 is 2.56 bits per heavy atom. The molecule has 5 aromatic rings. The van der Waals surface area contributed by atoms with Gasteiger partial charge in [-0.05, 0) is 52.7 Å². The summed E-state index contributed by atoms with van der Waals surface area (Å²) in [7, 11) is 2.98. The van der Waals surface area contributed by atoms with Gasteiger partial charge in [0.25, 0.3) is 0 Å². The second-order valence-electron chi connectivity index (χ2n) is 8.57. The minimum atomic E-state index is -0.483. The second kappa shape index (κ2) is 11.7. The van der Waals surface area contributed by atoms with E-state index in [0.717, 1.165) is 37.4 Å². The van der Waals surface area contributed by atoms with E-state index in [9.17, 15) is 4.79 Å². The number of aromatic nitrogens is 2. The number of nitrogens with zero attached hydrogens (tertiary/aromatic N) is 2. The maximum Gasteiger partial charge on any atom is 0.351 e. The average Bonchev–Trinajstić information content (AvgIpc) is 3.55. The van der Waals surface area contributed by atoms with Gasteiger partial charge in [-0.2, -0.15) is 0 Å². The second-order valence-corrected chi connectivity index (χ2v) is 10.9. The predicted molar refractivity (Wildman–Crippen MR) is 156 cm³/mol. The van der Waals surface area contributed by atoms with Crippen molar-refractivity contribution in [1.29, 1.82) is 0 Å². The maximum atomic E-state index is 12.6. The number of methoxy groups -OCH3 is 2. The lowest BCUT2D eigenvalue weighted by Crippen LogP contribution is -2.07. The smallest absolute Gasteiger partial charge is 0.351 e.